The molecule has 1 heterocycles. The summed E-state index contributed by atoms with van der Waals surface area (Å²) in [4.78, 5) is 50.1. The van der Waals surface area contributed by atoms with Gasteiger partial charge in [0.25, 0.3) is 0 Å². The molecule has 1 aromatic heterocycles. The molecule has 16 nitrogen and oxygen atoms in total. The number of carbonyl (C=O) groups excluding carboxylic acids is 3. The van der Waals surface area contributed by atoms with E-state index in [-0.39, 0.29) is 174 Å². The minimum Gasteiger partial charge on any atom is -0.870 e. The average Bonchev–Trinajstić information content (AvgIpc) is 2.94. The Bertz CT molecular complexity index is 2330. The van der Waals surface area contributed by atoms with E-state index in [1.54, 1.807) is 12.1 Å². The van der Waals surface area contributed by atoms with Crippen molar-refractivity contribution in [3.8, 4) is 11.1 Å². The van der Waals surface area contributed by atoms with Gasteiger partial charge in [0.1, 0.15) is 15.7 Å². The molecule has 5 rings (SSSR count). The third-order valence-electron chi connectivity index (χ3n) is 6.49. The van der Waals surface area contributed by atoms with Crippen molar-refractivity contribution in [2.75, 3.05) is 11.1 Å². The second kappa shape index (κ2) is 21.0. The van der Waals surface area contributed by atoms with Crippen LogP contribution in [-0.2, 0) is 40.2 Å². The number of hydrogen-bond acceptors (Lipinski definition) is 15. The maximum Gasteiger partial charge on any atom is 1.00 e. The second-order valence-corrected chi connectivity index (χ2v) is 13.1. The number of aliphatic carboxylic acids is 1. The van der Waals surface area contributed by atoms with Gasteiger partial charge in [-0.2, -0.15) is 18.2 Å². The molecule has 0 aliphatic heterocycles. The number of benzene rings is 3. The molecule has 0 fully saturated rings. The first kappa shape index (κ1) is 51.0. The summed E-state index contributed by atoms with van der Waals surface area (Å²) in [6.07, 6.45) is 0.867. The number of hydrogen-bond donors (Lipinski definition) is 2. The van der Waals surface area contributed by atoms with Gasteiger partial charge in [0.15, 0.2) is 15.6 Å². The summed E-state index contributed by atoms with van der Waals surface area (Å²) in [5.41, 5.74) is -2.34. The largest absolute Gasteiger partial charge is 1.00 e. The normalized spacial score (nSPS) is 10.9. The van der Waals surface area contributed by atoms with Gasteiger partial charge in [0.2, 0.25) is 0 Å². The Morgan fingerprint density at radius 1 is 0.940 bits per heavy atom. The van der Waals surface area contributed by atoms with Crippen LogP contribution in [0.3, 0.4) is 0 Å². The maximum atomic E-state index is 13.7. The number of carbonyl (C=O) groups is 2. The molecule has 242 valence electrons. The van der Waals surface area contributed by atoms with E-state index in [9.17, 15) is 45.7 Å². The van der Waals surface area contributed by atoms with Crippen LogP contribution >= 0.6 is 0 Å². The van der Waals surface area contributed by atoms with Gasteiger partial charge < -0.3 is 39.8 Å². The van der Waals surface area contributed by atoms with Gasteiger partial charge in [-0.05, 0) is 29.2 Å². The number of rotatable bonds is 9. The first-order valence-corrected chi connectivity index (χ1v) is 16.4. The zero-order chi connectivity index (χ0) is 33.3. The van der Waals surface area contributed by atoms with Crippen molar-refractivity contribution in [2.45, 2.75) is 22.6 Å². The molecule has 0 amide bonds. The van der Waals surface area contributed by atoms with E-state index in [0.29, 0.717) is 0 Å². The number of carboxylic acid groups (broad SMARTS) is 1. The fourth-order valence-corrected chi connectivity index (χ4v) is 6.76. The van der Waals surface area contributed by atoms with E-state index < -0.39 is 76.0 Å². The van der Waals surface area contributed by atoms with Crippen LogP contribution in [-0.4, -0.2) is 68.3 Å². The summed E-state index contributed by atoms with van der Waals surface area (Å²) in [6.45, 7) is 0. The third-order valence-corrected chi connectivity index (χ3v) is 9.15. The number of nitrogens with one attached hydrogen (secondary N) is 2. The minimum absolute atomic E-state index is 0. The number of sulfone groups is 1. The van der Waals surface area contributed by atoms with Gasteiger partial charge in [0.05, 0.1) is 16.9 Å². The third kappa shape index (κ3) is 11.5. The van der Waals surface area contributed by atoms with E-state index in [2.05, 4.69) is 16.4 Å². The van der Waals surface area contributed by atoms with E-state index in [1.807, 2.05) is 0 Å². The predicted octanol–water partition coefficient (Wildman–Crippen LogP) is -12.2. The molecule has 0 unspecified atom stereocenters. The first-order chi connectivity index (χ1) is 21.1. The Hall–Kier alpha value is -1.08. The number of fused-ring (bicyclic) bond motifs is 2. The van der Waals surface area contributed by atoms with Crippen LogP contribution in [0.2, 0.25) is 0 Å². The van der Waals surface area contributed by atoms with Crippen molar-refractivity contribution in [1.29, 1.82) is 0 Å². The Balaban J connectivity index is 0. The van der Waals surface area contributed by atoms with Crippen molar-refractivity contribution in [2.24, 2.45) is 0 Å². The molecule has 4 aromatic rings. The van der Waals surface area contributed by atoms with Crippen molar-refractivity contribution in [1.82, 2.24) is 4.98 Å². The summed E-state index contributed by atoms with van der Waals surface area (Å²) in [5.74, 6) is -2.53. The predicted molar refractivity (Wildman–Crippen MR) is 153 cm³/mol. The van der Waals surface area contributed by atoms with Crippen molar-refractivity contribution in [3.63, 3.8) is 0 Å². The van der Waals surface area contributed by atoms with Crippen LogP contribution in [0.5, 0.6) is 0 Å². The smallest absolute Gasteiger partial charge is 0.870 e. The molecule has 0 atom stereocenters. The zero-order valence-corrected chi connectivity index (χ0v) is 37.2. The van der Waals surface area contributed by atoms with Gasteiger partial charge in [-0.1, -0.05) is 41.1 Å². The molecule has 23 heteroatoms. The number of pyridine rings is 1. The monoisotopic (exact) mass is 781 g/mol. The molecule has 50 heavy (non-hydrogen) atoms. The molecule has 3 N–H and O–H groups in total. The SMILES string of the molecule is O=S(=O)=O.O=[C-]c1c2c3c(c(Nc4[c-]ccc(S(=O)(=O)CCCC(=O)[O-])c4)cc(S(=O)(=O)[O-])c3[nH]c1=O)C(=O)c1ccccc1-2.[Na+].[Na+].[Na+].[Na+].[OH-]. The number of carboxylic acids is 1. The summed E-state index contributed by atoms with van der Waals surface area (Å²) < 4.78 is 87.7. The topological polar surface area (TPSA) is 292 Å². The summed E-state index contributed by atoms with van der Waals surface area (Å²) >= 11 is 0. The summed E-state index contributed by atoms with van der Waals surface area (Å²) in [6, 6.07) is 13.1. The van der Waals surface area contributed by atoms with E-state index >= 15 is 0 Å². The number of H-pyrrole nitrogens is 1. The van der Waals surface area contributed by atoms with Crippen molar-refractivity contribution < 1.29 is 177 Å². The van der Waals surface area contributed by atoms with Gasteiger partial charge >= 0.3 is 129 Å². The second-order valence-electron chi connectivity index (χ2n) is 9.24. The van der Waals surface area contributed by atoms with Crippen LogP contribution in [0.15, 0.2) is 63.1 Å². The number of aromatic amines is 1. The van der Waals surface area contributed by atoms with Gasteiger partial charge in [-0.3, -0.25) is 4.79 Å². The van der Waals surface area contributed by atoms with Crippen LogP contribution in [0.25, 0.3) is 22.0 Å². The Morgan fingerprint density at radius 2 is 1.52 bits per heavy atom. The zero-order valence-electron chi connectivity index (χ0n) is 26.7. The summed E-state index contributed by atoms with van der Waals surface area (Å²) in [5, 5.41) is 13.2. The average molecular weight is 782 g/mol. The Morgan fingerprint density at radius 3 is 2.06 bits per heavy atom. The van der Waals surface area contributed by atoms with Gasteiger partial charge in [0, 0.05) is 28.3 Å². The van der Waals surface area contributed by atoms with Gasteiger partial charge in [-0.25, -0.2) is 16.8 Å². The minimum atomic E-state index is -5.27. The molecule has 0 spiro atoms. The van der Waals surface area contributed by atoms with E-state index in [0.717, 1.165) is 12.1 Å². The van der Waals surface area contributed by atoms with E-state index in [1.165, 1.54) is 30.6 Å². The molecule has 0 radical (unpaired) electrons. The quantitative estimate of drug-likeness (QED) is 0.0798. The molecule has 0 saturated heterocycles. The summed E-state index contributed by atoms with van der Waals surface area (Å²) in [7, 11) is -12.3. The fourth-order valence-electron chi connectivity index (χ4n) is 4.76. The molecule has 3 aromatic carbocycles. The number of anilines is 2. The molecular weight excluding hydrogens is 764 g/mol. The van der Waals surface area contributed by atoms with Crippen LogP contribution in [0.1, 0.15) is 34.3 Å². The number of ketones is 1. The van der Waals surface area contributed by atoms with Crippen LogP contribution in [0.4, 0.5) is 11.4 Å². The molecule has 1 aliphatic rings. The maximum absolute atomic E-state index is 13.7. The van der Waals surface area contributed by atoms with E-state index in [4.69, 9.17) is 12.6 Å². The molecule has 0 bridgehead atoms. The Kier molecular flexibility index (Phi) is 21.4. The van der Waals surface area contributed by atoms with Crippen LogP contribution in [0, 0.1) is 6.07 Å². The van der Waals surface area contributed by atoms with Crippen molar-refractivity contribution >= 4 is 70.9 Å². The number of aromatic nitrogens is 1. The van der Waals surface area contributed by atoms with Crippen LogP contribution < -0.4 is 134 Å². The van der Waals surface area contributed by atoms with Gasteiger partial charge in [-0.15, -0.1) is 24.3 Å². The Labute approximate surface area is 374 Å². The molecular formula is C27H17N2Na4O14S3-. The first-order valence-electron chi connectivity index (χ1n) is 12.3. The molecule has 0 saturated carbocycles. The fraction of sp³-hybridized carbons (Fsp3) is 0.111. The van der Waals surface area contributed by atoms with Crippen molar-refractivity contribution in [3.05, 3.63) is 81.6 Å². The standard InChI is InChI=1S/C27H18N2O10S2.4Na.O3S.H2O/c30-13-18-22-16-7-1-2-8-17(16)26(33)23-19(12-20(41(37,38)39)25(24(22)23)29-27(18)34)28-14-5-3-6-15(11-14)40(35,36)10-4-9-21(31)32;;;;;1-4(2)3;/h1-3,6-8,11-12,28H,4,9-10H2,(H,29,34)(H,31,32)(H,37,38,39);;;;;;1H2/q-2;4*+1;;/p-3. The molecule has 1 aliphatic carbocycles.